The summed E-state index contributed by atoms with van der Waals surface area (Å²) in [6, 6.07) is 0. The molecule has 0 bridgehead atoms. The lowest BCUT2D eigenvalue weighted by Gasteiger charge is -2.08. The van der Waals surface area contributed by atoms with Gasteiger partial charge in [-0.3, -0.25) is 0 Å². The Hall–Kier alpha value is -1.16. The molecule has 0 amide bonds. The van der Waals surface area contributed by atoms with Crippen LogP contribution in [-0.2, 0) is 0 Å². The van der Waals surface area contributed by atoms with Crippen LogP contribution in [0.15, 0.2) is 12.5 Å². The molecule has 14 heavy (non-hydrogen) atoms. The van der Waals surface area contributed by atoms with E-state index in [9.17, 15) is 4.39 Å². The van der Waals surface area contributed by atoms with Crippen LogP contribution in [0.5, 0.6) is 0 Å². The molecule has 0 spiro atoms. The summed E-state index contributed by atoms with van der Waals surface area (Å²) >= 11 is 5.87. The zero-order valence-corrected chi connectivity index (χ0v) is 8.59. The zero-order chi connectivity index (χ0) is 10.3. The number of rotatable bonds is 1. The van der Waals surface area contributed by atoms with Gasteiger partial charge in [-0.1, -0.05) is 25.4 Å². The van der Waals surface area contributed by atoms with E-state index in [4.69, 9.17) is 11.6 Å². The van der Waals surface area contributed by atoms with Crippen LogP contribution < -0.4 is 0 Å². The molecule has 0 atom stereocenters. The van der Waals surface area contributed by atoms with Gasteiger partial charge >= 0.3 is 0 Å². The van der Waals surface area contributed by atoms with Crippen molar-refractivity contribution in [3.63, 3.8) is 0 Å². The van der Waals surface area contributed by atoms with Crippen LogP contribution >= 0.6 is 11.6 Å². The quantitative estimate of drug-likeness (QED) is 0.729. The minimum absolute atomic E-state index is 0.139. The summed E-state index contributed by atoms with van der Waals surface area (Å²) in [7, 11) is 0. The summed E-state index contributed by atoms with van der Waals surface area (Å²) in [6.07, 6.45) is 3.01. The van der Waals surface area contributed by atoms with E-state index in [1.54, 1.807) is 6.20 Å². The Morgan fingerprint density at radius 1 is 1.50 bits per heavy atom. The lowest BCUT2D eigenvalue weighted by molar-refractivity contribution is 0.622. The maximum absolute atomic E-state index is 13.6. The SMILES string of the molecule is CC(C)c1cn2ncnc2c(F)c1Cl. The van der Waals surface area contributed by atoms with Crippen LogP contribution in [0.4, 0.5) is 4.39 Å². The second kappa shape index (κ2) is 3.20. The van der Waals surface area contributed by atoms with E-state index in [1.807, 2.05) is 13.8 Å². The van der Waals surface area contributed by atoms with Crippen molar-refractivity contribution in [1.29, 1.82) is 0 Å². The van der Waals surface area contributed by atoms with E-state index in [0.29, 0.717) is 0 Å². The highest BCUT2D eigenvalue weighted by molar-refractivity contribution is 6.31. The van der Waals surface area contributed by atoms with Gasteiger partial charge in [-0.05, 0) is 11.5 Å². The fourth-order valence-electron chi connectivity index (χ4n) is 1.32. The first-order valence-corrected chi connectivity index (χ1v) is 4.66. The Morgan fingerprint density at radius 3 is 2.86 bits per heavy atom. The van der Waals surface area contributed by atoms with Gasteiger partial charge in [0.2, 0.25) is 0 Å². The maximum atomic E-state index is 13.6. The number of hydrogen-bond acceptors (Lipinski definition) is 2. The van der Waals surface area contributed by atoms with Crippen molar-refractivity contribution < 1.29 is 4.39 Å². The average Bonchev–Trinajstić information content (AvgIpc) is 2.58. The molecular formula is C9H9ClFN3. The van der Waals surface area contributed by atoms with Crippen molar-refractivity contribution in [1.82, 2.24) is 14.6 Å². The van der Waals surface area contributed by atoms with Crippen LogP contribution in [-0.4, -0.2) is 14.6 Å². The molecular weight excluding hydrogens is 205 g/mol. The Bertz CT molecular complexity index is 478. The highest BCUT2D eigenvalue weighted by Gasteiger charge is 2.15. The number of aromatic nitrogens is 3. The second-order valence-electron chi connectivity index (χ2n) is 3.40. The molecule has 2 rings (SSSR count). The largest absolute Gasteiger partial charge is 0.218 e. The van der Waals surface area contributed by atoms with Crippen molar-refractivity contribution in [2.75, 3.05) is 0 Å². The Balaban J connectivity index is 2.80. The standard InChI is InChI=1S/C9H9ClFN3/c1-5(2)6-3-14-9(12-4-13-14)8(11)7(6)10/h3-5H,1-2H3. The molecule has 0 aliphatic carbocycles. The van der Waals surface area contributed by atoms with Crippen molar-refractivity contribution in [2.24, 2.45) is 0 Å². The minimum Gasteiger partial charge on any atom is -0.218 e. The average molecular weight is 214 g/mol. The zero-order valence-electron chi connectivity index (χ0n) is 7.83. The molecule has 0 saturated heterocycles. The van der Waals surface area contributed by atoms with Gasteiger partial charge in [-0.2, -0.15) is 5.10 Å². The van der Waals surface area contributed by atoms with Crippen LogP contribution in [0.1, 0.15) is 25.3 Å². The van der Waals surface area contributed by atoms with Gasteiger partial charge in [-0.15, -0.1) is 0 Å². The van der Waals surface area contributed by atoms with Crippen LogP contribution in [0.25, 0.3) is 5.65 Å². The van der Waals surface area contributed by atoms with Gasteiger partial charge in [-0.25, -0.2) is 13.9 Å². The number of halogens is 2. The van der Waals surface area contributed by atoms with E-state index in [2.05, 4.69) is 10.1 Å². The first kappa shape index (κ1) is 9.40. The number of nitrogens with zero attached hydrogens (tertiary/aromatic N) is 3. The fraction of sp³-hybridized carbons (Fsp3) is 0.333. The predicted octanol–water partition coefficient (Wildman–Crippen LogP) is 2.65. The van der Waals surface area contributed by atoms with Crippen molar-refractivity contribution in [3.8, 4) is 0 Å². The summed E-state index contributed by atoms with van der Waals surface area (Å²) in [6.45, 7) is 3.90. The fourth-order valence-corrected chi connectivity index (χ4v) is 1.67. The highest BCUT2D eigenvalue weighted by atomic mass is 35.5. The van der Waals surface area contributed by atoms with Crippen molar-refractivity contribution in [2.45, 2.75) is 19.8 Å². The molecule has 3 nitrogen and oxygen atoms in total. The molecule has 0 aromatic carbocycles. The minimum atomic E-state index is -0.504. The molecule has 0 aliphatic heterocycles. The number of fused-ring (bicyclic) bond motifs is 1. The van der Waals surface area contributed by atoms with E-state index in [1.165, 1.54) is 10.8 Å². The van der Waals surface area contributed by atoms with Crippen molar-refractivity contribution in [3.05, 3.63) is 28.9 Å². The van der Waals surface area contributed by atoms with E-state index in [0.717, 1.165) is 5.56 Å². The van der Waals surface area contributed by atoms with Gasteiger partial charge in [0.1, 0.15) is 6.33 Å². The van der Waals surface area contributed by atoms with Crippen molar-refractivity contribution >= 4 is 17.2 Å². The molecule has 0 fully saturated rings. The third kappa shape index (κ3) is 1.26. The molecule has 0 aliphatic rings. The Kier molecular flexibility index (Phi) is 2.15. The Morgan fingerprint density at radius 2 is 2.21 bits per heavy atom. The first-order chi connectivity index (χ1) is 6.61. The van der Waals surface area contributed by atoms with Crippen LogP contribution in [0.2, 0.25) is 5.02 Å². The van der Waals surface area contributed by atoms with E-state index < -0.39 is 5.82 Å². The molecule has 74 valence electrons. The molecule has 0 radical (unpaired) electrons. The van der Waals surface area contributed by atoms with Gasteiger partial charge < -0.3 is 0 Å². The van der Waals surface area contributed by atoms with Crippen LogP contribution in [0, 0.1) is 5.82 Å². The summed E-state index contributed by atoms with van der Waals surface area (Å²) in [5, 5.41) is 4.01. The topological polar surface area (TPSA) is 30.2 Å². The van der Waals surface area contributed by atoms with Gasteiger partial charge in [0.25, 0.3) is 0 Å². The smallest absolute Gasteiger partial charge is 0.192 e. The molecule has 2 heterocycles. The molecule has 2 aromatic heterocycles. The lowest BCUT2D eigenvalue weighted by Crippen LogP contribution is -1.99. The molecule has 0 unspecified atom stereocenters. The van der Waals surface area contributed by atoms with Crippen LogP contribution in [0.3, 0.4) is 0 Å². The summed E-state index contributed by atoms with van der Waals surface area (Å²) in [5.74, 6) is -0.346. The predicted molar refractivity (Wildman–Crippen MR) is 52.0 cm³/mol. The third-order valence-electron chi connectivity index (χ3n) is 2.10. The summed E-state index contributed by atoms with van der Waals surface area (Å²) in [4.78, 5) is 3.77. The monoisotopic (exact) mass is 213 g/mol. The van der Waals surface area contributed by atoms with Gasteiger partial charge in [0.15, 0.2) is 11.5 Å². The van der Waals surface area contributed by atoms with E-state index in [-0.39, 0.29) is 16.6 Å². The molecule has 5 heteroatoms. The third-order valence-corrected chi connectivity index (χ3v) is 2.48. The Labute approximate surface area is 85.5 Å². The summed E-state index contributed by atoms with van der Waals surface area (Å²) < 4.78 is 15.0. The molecule has 0 N–H and O–H groups in total. The molecule has 2 aromatic rings. The van der Waals surface area contributed by atoms with E-state index >= 15 is 0 Å². The van der Waals surface area contributed by atoms with Gasteiger partial charge in [0, 0.05) is 6.20 Å². The maximum Gasteiger partial charge on any atom is 0.192 e. The second-order valence-corrected chi connectivity index (χ2v) is 3.77. The lowest BCUT2D eigenvalue weighted by atomic mass is 10.1. The number of hydrogen-bond donors (Lipinski definition) is 0. The first-order valence-electron chi connectivity index (χ1n) is 4.28. The molecule has 0 saturated carbocycles. The number of pyridine rings is 1. The summed E-state index contributed by atoms with van der Waals surface area (Å²) in [5.41, 5.74) is 0.904. The highest BCUT2D eigenvalue weighted by Crippen LogP contribution is 2.27. The van der Waals surface area contributed by atoms with Gasteiger partial charge in [0.05, 0.1) is 5.02 Å². The normalized spacial score (nSPS) is 11.5.